The highest BCUT2D eigenvalue weighted by atomic mass is 19.1. The summed E-state index contributed by atoms with van der Waals surface area (Å²) in [4.78, 5) is 3.97. The standard InChI is InChI=1S/C14H11F2N3O/c15-10-5-11-13(8-20)18-19(14(11)17-6-10)7-9-3-1-2-4-12(9)16/h1-6,20H,7-8H2. The summed E-state index contributed by atoms with van der Waals surface area (Å²) >= 11 is 0. The lowest BCUT2D eigenvalue weighted by Gasteiger charge is -2.04. The highest BCUT2D eigenvalue weighted by Crippen LogP contribution is 2.19. The van der Waals surface area contributed by atoms with Gasteiger partial charge in [-0.1, -0.05) is 18.2 Å². The third-order valence-electron chi connectivity index (χ3n) is 3.06. The Morgan fingerprint density at radius 2 is 2.00 bits per heavy atom. The van der Waals surface area contributed by atoms with Gasteiger partial charge in [0.2, 0.25) is 0 Å². The van der Waals surface area contributed by atoms with E-state index in [1.54, 1.807) is 18.2 Å². The van der Waals surface area contributed by atoms with Crippen LogP contribution in [0, 0.1) is 11.6 Å². The van der Waals surface area contributed by atoms with E-state index in [1.165, 1.54) is 16.8 Å². The van der Waals surface area contributed by atoms with Crippen LogP contribution in [0.1, 0.15) is 11.3 Å². The Morgan fingerprint density at radius 1 is 1.20 bits per heavy atom. The largest absolute Gasteiger partial charge is 0.390 e. The Hall–Kier alpha value is -2.34. The average Bonchev–Trinajstić information content (AvgIpc) is 2.78. The molecule has 3 rings (SSSR count). The minimum absolute atomic E-state index is 0.168. The Morgan fingerprint density at radius 3 is 2.75 bits per heavy atom. The lowest BCUT2D eigenvalue weighted by atomic mass is 10.2. The molecule has 0 fully saturated rings. The van der Waals surface area contributed by atoms with Gasteiger partial charge in [-0.3, -0.25) is 0 Å². The first kappa shape index (κ1) is 12.7. The van der Waals surface area contributed by atoms with Crippen LogP contribution in [0.15, 0.2) is 36.5 Å². The number of aromatic nitrogens is 3. The summed E-state index contributed by atoms with van der Waals surface area (Å²) in [5.41, 5.74) is 1.19. The Kier molecular flexibility index (Phi) is 3.15. The van der Waals surface area contributed by atoms with E-state index >= 15 is 0 Å². The number of halogens is 2. The van der Waals surface area contributed by atoms with Gasteiger partial charge in [0.25, 0.3) is 0 Å². The van der Waals surface area contributed by atoms with E-state index in [2.05, 4.69) is 10.1 Å². The van der Waals surface area contributed by atoms with Gasteiger partial charge in [0.1, 0.15) is 11.6 Å². The molecule has 3 aromatic rings. The molecular weight excluding hydrogens is 264 g/mol. The lowest BCUT2D eigenvalue weighted by molar-refractivity contribution is 0.276. The van der Waals surface area contributed by atoms with Crippen molar-refractivity contribution in [2.75, 3.05) is 0 Å². The van der Waals surface area contributed by atoms with E-state index in [0.717, 1.165) is 6.20 Å². The zero-order chi connectivity index (χ0) is 14.1. The number of nitrogens with zero attached hydrogens (tertiary/aromatic N) is 3. The molecule has 0 saturated carbocycles. The lowest BCUT2D eigenvalue weighted by Crippen LogP contribution is -2.05. The Labute approximate surface area is 113 Å². The monoisotopic (exact) mass is 275 g/mol. The van der Waals surface area contributed by atoms with Crippen molar-refractivity contribution in [3.8, 4) is 0 Å². The summed E-state index contributed by atoms with van der Waals surface area (Å²) in [6.07, 6.45) is 1.07. The fraction of sp³-hybridized carbons (Fsp3) is 0.143. The van der Waals surface area contributed by atoms with Crippen LogP contribution in [0.5, 0.6) is 0 Å². The van der Waals surface area contributed by atoms with Crippen molar-refractivity contribution in [3.63, 3.8) is 0 Å². The van der Waals surface area contributed by atoms with E-state index in [-0.39, 0.29) is 19.0 Å². The second-order valence-corrected chi connectivity index (χ2v) is 4.38. The predicted octanol–water partition coefficient (Wildman–Crippen LogP) is 2.25. The molecule has 0 bridgehead atoms. The molecular formula is C14H11F2N3O. The third kappa shape index (κ3) is 2.14. The van der Waals surface area contributed by atoms with Crippen molar-refractivity contribution in [1.82, 2.24) is 14.8 Å². The van der Waals surface area contributed by atoms with Crippen LogP contribution >= 0.6 is 0 Å². The van der Waals surface area contributed by atoms with Gasteiger partial charge in [0.05, 0.1) is 25.0 Å². The molecule has 0 unspecified atom stereocenters. The summed E-state index contributed by atoms with van der Waals surface area (Å²) in [5, 5.41) is 13.9. The fourth-order valence-electron chi connectivity index (χ4n) is 2.11. The summed E-state index contributed by atoms with van der Waals surface area (Å²) in [6.45, 7) is -0.159. The first-order valence-corrected chi connectivity index (χ1v) is 6.04. The highest BCUT2D eigenvalue weighted by Gasteiger charge is 2.13. The molecule has 0 aliphatic carbocycles. The second-order valence-electron chi connectivity index (χ2n) is 4.38. The Balaban J connectivity index is 2.10. The van der Waals surface area contributed by atoms with Crippen molar-refractivity contribution in [2.45, 2.75) is 13.2 Å². The smallest absolute Gasteiger partial charge is 0.158 e. The van der Waals surface area contributed by atoms with Gasteiger partial charge < -0.3 is 5.11 Å². The molecule has 0 amide bonds. The predicted molar refractivity (Wildman–Crippen MR) is 68.9 cm³/mol. The van der Waals surface area contributed by atoms with Crippen LogP contribution < -0.4 is 0 Å². The Bertz CT molecular complexity index is 770. The molecule has 2 aromatic heterocycles. The van der Waals surface area contributed by atoms with Crippen molar-refractivity contribution < 1.29 is 13.9 Å². The molecule has 0 radical (unpaired) electrons. The minimum Gasteiger partial charge on any atom is -0.390 e. The summed E-state index contributed by atoms with van der Waals surface area (Å²) in [5.74, 6) is -0.846. The molecule has 4 nitrogen and oxygen atoms in total. The zero-order valence-corrected chi connectivity index (χ0v) is 10.4. The molecule has 0 aliphatic heterocycles. The van der Waals surface area contributed by atoms with Gasteiger partial charge in [0.15, 0.2) is 5.65 Å². The van der Waals surface area contributed by atoms with Crippen molar-refractivity contribution in [1.29, 1.82) is 0 Å². The maximum absolute atomic E-state index is 13.7. The summed E-state index contributed by atoms with van der Waals surface area (Å²) < 4.78 is 28.3. The van der Waals surface area contributed by atoms with Gasteiger partial charge in [-0.25, -0.2) is 18.4 Å². The molecule has 6 heteroatoms. The molecule has 1 aromatic carbocycles. The number of pyridine rings is 1. The molecule has 102 valence electrons. The van der Waals surface area contributed by atoms with Crippen LogP contribution in [-0.4, -0.2) is 19.9 Å². The summed E-state index contributed by atoms with van der Waals surface area (Å²) in [6, 6.07) is 7.60. The van der Waals surface area contributed by atoms with Crippen LogP contribution in [0.3, 0.4) is 0 Å². The van der Waals surface area contributed by atoms with Gasteiger partial charge in [0, 0.05) is 10.9 Å². The number of fused-ring (bicyclic) bond motifs is 1. The SMILES string of the molecule is OCc1nn(Cc2ccccc2F)c2ncc(F)cc12. The molecule has 20 heavy (non-hydrogen) atoms. The van der Waals surface area contributed by atoms with Crippen molar-refractivity contribution in [3.05, 3.63) is 59.4 Å². The number of aliphatic hydroxyl groups is 1. The van der Waals surface area contributed by atoms with E-state index in [4.69, 9.17) is 0 Å². The number of rotatable bonds is 3. The molecule has 2 heterocycles. The summed E-state index contributed by atoms with van der Waals surface area (Å²) in [7, 11) is 0. The average molecular weight is 275 g/mol. The quantitative estimate of drug-likeness (QED) is 0.797. The topological polar surface area (TPSA) is 50.9 Å². The zero-order valence-electron chi connectivity index (χ0n) is 10.4. The molecule has 0 atom stereocenters. The van der Waals surface area contributed by atoms with Gasteiger partial charge >= 0.3 is 0 Å². The maximum atomic E-state index is 13.7. The number of hydrogen-bond acceptors (Lipinski definition) is 3. The van der Waals surface area contributed by atoms with E-state index in [0.29, 0.717) is 22.3 Å². The third-order valence-corrected chi connectivity index (χ3v) is 3.06. The fourth-order valence-corrected chi connectivity index (χ4v) is 2.11. The van der Waals surface area contributed by atoms with Crippen molar-refractivity contribution in [2.24, 2.45) is 0 Å². The van der Waals surface area contributed by atoms with E-state index in [9.17, 15) is 13.9 Å². The minimum atomic E-state index is -0.502. The molecule has 1 N–H and O–H groups in total. The molecule has 0 spiro atoms. The van der Waals surface area contributed by atoms with Gasteiger partial charge in [-0.2, -0.15) is 5.10 Å². The van der Waals surface area contributed by atoms with Crippen LogP contribution in [0.2, 0.25) is 0 Å². The maximum Gasteiger partial charge on any atom is 0.158 e. The van der Waals surface area contributed by atoms with Crippen LogP contribution in [0.25, 0.3) is 11.0 Å². The van der Waals surface area contributed by atoms with Gasteiger partial charge in [-0.05, 0) is 12.1 Å². The van der Waals surface area contributed by atoms with Crippen molar-refractivity contribution >= 4 is 11.0 Å². The second kappa shape index (κ2) is 4.97. The first-order chi connectivity index (χ1) is 9.69. The molecule has 0 saturated heterocycles. The molecule has 0 aliphatic rings. The normalized spacial score (nSPS) is 11.2. The first-order valence-electron chi connectivity index (χ1n) is 6.04. The van der Waals surface area contributed by atoms with Gasteiger partial charge in [-0.15, -0.1) is 0 Å². The highest BCUT2D eigenvalue weighted by molar-refractivity contribution is 5.78. The van der Waals surface area contributed by atoms with E-state index in [1.807, 2.05) is 0 Å². The number of aliphatic hydroxyl groups excluding tert-OH is 1. The number of hydrogen-bond donors (Lipinski definition) is 1. The van der Waals surface area contributed by atoms with Crippen LogP contribution in [-0.2, 0) is 13.2 Å². The van der Waals surface area contributed by atoms with E-state index < -0.39 is 5.82 Å². The van der Waals surface area contributed by atoms with Crippen LogP contribution in [0.4, 0.5) is 8.78 Å². The number of benzene rings is 1.